The number of Topliss-reactive ketones (excluding diaryl/α,β-unsaturated/α-hetero) is 1. The number of aromatic nitrogens is 5. The topological polar surface area (TPSA) is 94.5 Å². The molecule has 2 saturated heterocycles. The van der Waals surface area contributed by atoms with Gasteiger partial charge in [0.05, 0.1) is 6.04 Å². The predicted molar refractivity (Wildman–Crippen MR) is 127 cm³/mol. The minimum Gasteiger partial charge on any atom is -0.329 e. The summed E-state index contributed by atoms with van der Waals surface area (Å²) in [6.07, 6.45) is 9.22. The molecule has 9 heteroatoms. The fourth-order valence-electron chi connectivity index (χ4n) is 5.46. The smallest absolute Gasteiger partial charge is 0.246 e. The number of hydrogen-bond acceptors (Lipinski definition) is 7. The van der Waals surface area contributed by atoms with Crippen LogP contribution in [0.4, 0.5) is 17.6 Å². The minimum atomic E-state index is -0.134. The van der Waals surface area contributed by atoms with Gasteiger partial charge in [-0.3, -0.25) is 9.89 Å². The number of rotatable bonds is 7. The molecule has 1 aliphatic carbocycles. The normalized spacial score (nSPS) is 24.0. The van der Waals surface area contributed by atoms with Crippen molar-refractivity contribution >= 4 is 28.9 Å². The molecule has 0 spiro atoms. The van der Waals surface area contributed by atoms with Gasteiger partial charge in [0.1, 0.15) is 5.52 Å². The molecule has 0 amide bonds. The van der Waals surface area contributed by atoms with Gasteiger partial charge in [0, 0.05) is 43.4 Å². The molecule has 2 unspecified atom stereocenters. The maximum Gasteiger partial charge on any atom is 0.246 e. The number of carbonyl (C=O) groups excluding carboxylic acids is 1. The number of piperidine rings is 1. The van der Waals surface area contributed by atoms with Crippen LogP contribution in [0.1, 0.15) is 56.6 Å². The maximum atomic E-state index is 13.3. The Kier molecular flexibility index (Phi) is 5.28. The first kappa shape index (κ1) is 20.7. The molecule has 6 rings (SSSR count). The number of likely N-dealkylation sites (tertiary alicyclic amines) is 1. The van der Waals surface area contributed by atoms with Crippen molar-refractivity contribution in [3.05, 3.63) is 30.1 Å². The largest absolute Gasteiger partial charge is 0.329 e. The third-order valence-electron chi connectivity index (χ3n) is 7.33. The number of nitrogens with one attached hydrogen (secondary N) is 2. The van der Waals surface area contributed by atoms with E-state index in [9.17, 15) is 4.79 Å². The van der Waals surface area contributed by atoms with E-state index < -0.39 is 0 Å². The number of nitrogens with zero attached hydrogens (tertiary/aromatic N) is 6. The molecule has 2 atom stereocenters. The first-order valence-electron chi connectivity index (χ1n) is 12.3. The van der Waals surface area contributed by atoms with Crippen molar-refractivity contribution in [1.29, 1.82) is 0 Å². The zero-order chi connectivity index (χ0) is 22.4. The second kappa shape index (κ2) is 8.44. The van der Waals surface area contributed by atoms with Crippen molar-refractivity contribution in [3.8, 4) is 0 Å². The van der Waals surface area contributed by atoms with Crippen LogP contribution in [0.3, 0.4) is 0 Å². The molecule has 1 saturated carbocycles. The summed E-state index contributed by atoms with van der Waals surface area (Å²) in [5.41, 5.74) is 2.07. The van der Waals surface area contributed by atoms with E-state index >= 15 is 0 Å². The second-order valence-electron chi connectivity index (χ2n) is 10.00. The lowest BCUT2D eigenvalue weighted by Crippen LogP contribution is -2.40. The van der Waals surface area contributed by atoms with E-state index in [0.717, 1.165) is 50.2 Å². The quantitative estimate of drug-likeness (QED) is 0.572. The summed E-state index contributed by atoms with van der Waals surface area (Å²) in [5.74, 6) is 3.49. The summed E-state index contributed by atoms with van der Waals surface area (Å²) in [6, 6.07) is 5.89. The molecular formula is C24H32N8O. The molecule has 174 valence electrons. The van der Waals surface area contributed by atoms with Gasteiger partial charge in [-0.15, -0.1) is 5.10 Å². The summed E-state index contributed by atoms with van der Waals surface area (Å²) in [6.45, 7) is 2.96. The second-order valence-corrected chi connectivity index (χ2v) is 10.00. The van der Waals surface area contributed by atoms with Crippen LogP contribution in [0.5, 0.6) is 0 Å². The van der Waals surface area contributed by atoms with Crippen molar-refractivity contribution in [2.75, 3.05) is 36.9 Å². The molecular weight excluding hydrogens is 416 g/mol. The molecule has 3 fully saturated rings. The zero-order valence-corrected chi connectivity index (χ0v) is 19.2. The van der Waals surface area contributed by atoms with Gasteiger partial charge < -0.3 is 15.1 Å². The fourth-order valence-corrected chi connectivity index (χ4v) is 5.46. The van der Waals surface area contributed by atoms with E-state index in [1.165, 1.54) is 25.0 Å². The summed E-state index contributed by atoms with van der Waals surface area (Å²) in [7, 11) is 2.15. The number of ketones is 1. The van der Waals surface area contributed by atoms with Crippen LogP contribution in [0.2, 0.25) is 0 Å². The van der Waals surface area contributed by atoms with E-state index in [0.29, 0.717) is 35.8 Å². The number of anilines is 3. The highest BCUT2D eigenvalue weighted by atomic mass is 16.1. The summed E-state index contributed by atoms with van der Waals surface area (Å²) in [5, 5.41) is 15.7. The van der Waals surface area contributed by atoms with Gasteiger partial charge in [-0.2, -0.15) is 10.1 Å². The number of aromatic amines is 1. The van der Waals surface area contributed by atoms with E-state index in [2.05, 4.69) is 38.4 Å². The van der Waals surface area contributed by atoms with Crippen molar-refractivity contribution in [2.45, 2.75) is 56.9 Å². The van der Waals surface area contributed by atoms with Crippen LogP contribution < -0.4 is 10.2 Å². The van der Waals surface area contributed by atoms with Crippen LogP contribution in [-0.4, -0.2) is 68.2 Å². The summed E-state index contributed by atoms with van der Waals surface area (Å²) in [4.78, 5) is 22.7. The fraction of sp³-hybridized carbons (Fsp3) is 0.583. The van der Waals surface area contributed by atoms with Gasteiger partial charge in [-0.05, 0) is 70.2 Å². The van der Waals surface area contributed by atoms with Crippen LogP contribution in [0.25, 0.3) is 5.52 Å². The molecule has 9 nitrogen and oxygen atoms in total. The average Bonchev–Trinajstić information content (AvgIpc) is 3.19. The number of fused-ring (bicyclic) bond motifs is 1. The molecule has 0 bridgehead atoms. The van der Waals surface area contributed by atoms with Crippen LogP contribution in [0.15, 0.2) is 24.4 Å². The highest BCUT2D eigenvalue weighted by Gasteiger charge is 2.34. The summed E-state index contributed by atoms with van der Waals surface area (Å²) < 4.78 is 1.84. The zero-order valence-electron chi connectivity index (χ0n) is 19.2. The van der Waals surface area contributed by atoms with Crippen molar-refractivity contribution < 1.29 is 4.79 Å². The van der Waals surface area contributed by atoms with Crippen LogP contribution >= 0.6 is 0 Å². The summed E-state index contributed by atoms with van der Waals surface area (Å²) >= 11 is 0. The Morgan fingerprint density at radius 1 is 1.21 bits per heavy atom. The molecule has 0 aromatic carbocycles. The maximum absolute atomic E-state index is 13.3. The van der Waals surface area contributed by atoms with Gasteiger partial charge in [-0.1, -0.05) is 0 Å². The highest BCUT2D eigenvalue weighted by Crippen LogP contribution is 2.40. The number of H-pyrrole nitrogens is 1. The van der Waals surface area contributed by atoms with Gasteiger partial charge in [-0.25, -0.2) is 4.52 Å². The van der Waals surface area contributed by atoms with E-state index in [4.69, 9.17) is 10.1 Å². The van der Waals surface area contributed by atoms with Crippen molar-refractivity contribution in [2.24, 2.45) is 5.92 Å². The Hall–Kier alpha value is -2.94. The Morgan fingerprint density at radius 3 is 2.94 bits per heavy atom. The van der Waals surface area contributed by atoms with Gasteiger partial charge >= 0.3 is 0 Å². The van der Waals surface area contributed by atoms with Gasteiger partial charge in [0.2, 0.25) is 5.95 Å². The monoisotopic (exact) mass is 448 g/mol. The molecule has 3 aliphatic rings. The van der Waals surface area contributed by atoms with E-state index in [1.54, 1.807) is 0 Å². The standard InChI is InChI=1S/C24H32N8O/c1-30-10-2-5-16(15-30)13-21(33)19-6-3-11-31(19)24-26-23(20-7-4-12-32(20)29-24)25-22-14-18(27-28-22)17-8-9-17/h4,7,12,14,16-17,19H,2-3,5-6,8-11,13,15H2,1H3,(H2,25,26,27,28,29). The average molecular weight is 449 g/mol. The van der Waals surface area contributed by atoms with Crippen LogP contribution in [0, 0.1) is 5.92 Å². The first-order valence-corrected chi connectivity index (χ1v) is 12.3. The highest BCUT2D eigenvalue weighted by molar-refractivity contribution is 5.87. The molecule has 3 aromatic heterocycles. The third-order valence-corrected chi connectivity index (χ3v) is 7.33. The first-order chi connectivity index (χ1) is 16.1. The lowest BCUT2D eigenvalue weighted by atomic mass is 9.90. The lowest BCUT2D eigenvalue weighted by molar-refractivity contribution is -0.121. The molecule has 33 heavy (non-hydrogen) atoms. The van der Waals surface area contributed by atoms with Crippen LogP contribution in [-0.2, 0) is 4.79 Å². The molecule has 5 heterocycles. The van der Waals surface area contributed by atoms with E-state index in [1.807, 2.05) is 22.8 Å². The Bertz CT molecular complexity index is 1150. The minimum absolute atomic E-state index is 0.134. The third kappa shape index (κ3) is 4.21. The predicted octanol–water partition coefficient (Wildman–Crippen LogP) is 3.34. The molecule has 0 radical (unpaired) electrons. The number of carbonyl (C=O) groups is 1. The van der Waals surface area contributed by atoms with Gasteiger partial charge in [0.25, 0.3) is 0 Å². The molecule has 2 aliphatic heterocycles. The molecule has 2 N–H and O–H groups in total. The SMILES string of the molecule is CN1CCCC(CC(=O)C2CCCN2c2nc(Nc3cc(C4CC4)[nH]n3)c3cccn3n2)C1. The number of hydrogen-bond donors (Lipinski definition) is 2. The lowest BCUT2D eigenvalue weighted by Gasteiger charge is -2.31. The Morgan fingerprint density at radius 2 is 2.09 bits per heavy atom. The Labute approximate surface area is 193 Å². The molecule has 3 aromatic rings. The Balaban J connectivity index is 1.24. The van der Waals surface area contributed by atoms with E-state index in [-0.39, 0.29) is 6.04 Å². The van der Waals surface area contributed by atoms with Gasteiger partial charge in [0.15, 0.2) is 17.4 Å². The van der Waals surface area contributed by atoms with Crippen molar-refractivity contribution in [1.82, 2.24) is 29.7 Å². The van der Waals surface area contributed by atoms with Crippen molar-refractivity contribution in [3.63, 3.8) is 0 Å².